The van der Waals surface area contributed by atoms with Crippen LogP contribution in [0.5, 0.6) is 11.5 Å². The summed E-state index contributed by atoms with van der Waals surface area (Å²) in [5, 5.41) is 3.54. The summed E-state index contributed by atoms with van der Waals surface area (Å²) in [6.45, 7) is 3.23. The van der Waals surface area contributed by atoms with Gasteiger partial charge < -0.3 is 14.8 Å². The standard InChI is InChI=1S/C20H24ClNO3/c1-3-4-10-25-18-9-8-16(12-19(18)24-2)14-22-20(23)13-15-6-5-7-17(21)11-15/h5-9,11-12H,3-4,10,13-14H2,1-2H3,(H,22,23). The molecule has 5 heteroatoms. The predicted octanol–water partition coefficient (Wildman–Crippen LogP) is 4.39. The normalized spacial score (nSPS) is 10.4. The zero-order valence-electron chi connectivity index (χ0n) is 14.7. The number of hydrogen-bond donors (Lipinski definition) is 1. The van der Waals surface area contributed by atoms with E-state index in [9.17, 15) is 4.79 Å². The molecule has 2 aromatic carbocycles. The topological polar surface area (TPSA) is 47.6 Å². The van der Waals surface area contributed by atoms with Gasteiger partial charge in [0.25, 0.3) is 0 Å². The lowest BCUT2D eigenvalue weighted by Crippen LogP contribution is -2.24. The fraction of sp³-hybridized carbons (Fsp3) is 0.350. The number of hydrogen-bond acceptors (Lipinski definition) is 3. The molecule has 0 aliphatic heterocycles. The van der Waals surface area contributed by atoms with Crippen LogP contribution in [0.25, 0.3) is 0 Å². The van der Waals surface area contributed by atoms with Crippen molar-refractivity contribution in [1.29, 1.82) is 0 Å². The minimum atomic E-state index is -0.0514. The van der Waals surface area contributed by atoms with E-state index in [-0.39, 0.29) is 5.91 Å². The third-order valence-corrected chi connectivity index (χ3v) is 3.96. The van der Waals surface area contributed by atoms with E-state index < -0.39 is 0 Å². The molecular formula is C20H24ClNO3. The molecule has 0 fully saturated rings. The van der Waals surface area contributed by atoms with Gasteiger partial charge in [-0.3, -0.25) is 4.79 Å². The largest absolute Gasteiger partial charge is 0.493 e. The maximum absolute atomic E-state index is 12.1. The van der Waals surface area contributed by atoms with E-state index in [1.807, 2.05) is 30.3 Å². The Morgan fingerprint density at radius 1 is 1.12 bits per heavy atom. The molecule has 4 nitrogen and oxygen atoms in total. The number of ether oxygens (including phenoxy) is 2. The summed E-state index contributed by atoms with van der Waals surface area (Å²) in [7, 11) is 1.61. The third-order valence-electron chi connectivity index (χ3n) is 3.73. The van der Waals surface area contributed by atoms with Crippen molar-refractivity contribution < 1.29 is 14.3 Å². The second-order valence-corrected chi connectivity index (χ2v) is 6.21. The summed E-state index contributed by atoms with van der Waals surface area (Å²) < 4.78 is 11.1. The molecule has 0 saturated heterocycles. The first-order valence-electron chi connectivity index (χ1n) is 8.43. The molecule has 0 saturated carbocycles. The molecule has 0 aromatic heterocycles. The first-order valence-corrected chi connectivity index (χ1v) is 8.81. The van der Waals surface area contributed by atoms with Crippen molar-refractivity contribution in [3.63, 3.8) is 0 Å². The summed E-state index contributed by atoms with van der Waals surface area (Å²) >= 11 is 5.94. The Hall–Kier alpha value is -2.20. The highest BCUT2D eigenvalue weighted by Crippen LogP contribution is 2.28. The highest BCUT2D eigenvalue weighted by atomic mass is 35.5. The number of rotatable bonds is 9. The average Bonchev–Trinajstić information content (AvgIpc) is 2.61. The first kappa shape index (κ1) is 19.1. The fourth-order valence-corrected chi connectivity index (χ4v) is 2.58. The molecule has 0 spiro atoms. The maximum atomic E-state index is 12.1. The second kappa shape index (κ2) is 9.94. The smallest absolute Gasteiger partial charge is 0.224 e. The van der Waals surface area contributed by atoms with Gasteiger partial charge in [-0.05, 0) is 41.8 Å². The van der Waals surface area contributed by atoms with Crippen molar-refractivity contribution >= 4 is 17.5 Å². The molecule has 0 aliphatic rings. The van der Waals surface area contributed by atoms with Crippen molar-refractivity contribution in [2.75, 3.05) is 13.7 Å². The van der Waals surface area contributed by atoms with Crippen LogP contribution in [-0.2, 0) is 17.8 Å². The van der Waals surface area contributed by atoms with Crippen LogP contribution in [0.2, 0.25) is 5.02 Å². The maximum Gasteiger partial charge on any atom is 0.224 e. The minimum Gasteiger partial charge on any atom is -0.493 e. The molecule has 0 aliphatic carbocycles. The quantitative estimate of drug-likeness (QED) is 0.674. The van der Waals surface area contributed by atoms with Gasteiger partial charge in [-0.15, -0.1) is 0 Å². The van der Waals surface area contributed by atoms with Gasteiger partial charge >= 0.3 is 0 Å². The van der Waals surface area contributed by atoms with Gasteiger partial charge in [0.1, 0.15) is 0 Å². The van der Waals surface area contributed by atoms with Gasteiger partial charge in [-0.1, -0.05) is 43.1 Å². The van der Waals surface area contributed by atoms with Gasteiger partial charge in [0, 0.05) is 11.6 Å². The molecule has 2 rings (SSSR count). The lowest BCUT2D eigenvalue weighted by molar-refractivity contribution is -0.120. The lowest BCUT2D eigenvalue weighted by atomic mass is 10.1. The van der Waals surface area contributed by atoms with E-state index in [4.69, 9.17) is 21.1 Å². The van der Waals surface area contributed by atoms with Crippen LogP contribution in [-0.4, -0.2) is 19.6 Å². The van der Waals surface area contributed by atoms with E-state index in [0.29, 0.717) is 30.3 Å². The van der Waals surface area contributed by atoms with E-state index in [2.05, 4.69) is 12.2 Å². The van der Waals surface area contributed by atoms with Crippen molar-refractivity contribution in [1.82, 2.24) is 5.32 Å². The van der Waals surface area contributed by atoms with Crippen LogP contribution in [0.4, 0.5) is 0 Å². The van der Waals surface area contributed by atoms with Gasteiger partial charge in [-0.2, -0.15) is 0 Å². The fourth-order valence-electron chi connectivity index (χ4n) is 2.36. The Balaban J connectivity index is 1.90. The van der Waals surface area contributed by atoms with E-state index in [1.54, 1.807) is 19.2 Å². The number of amides is 1. The molecule has 1 N–H and O–H groups in total. The molecule has 0 atom stereocenters. The van der Waals surface area contributed by atoms with Crippen LogP contribution in [0.3, 0.4) is 0 Å². The molecule has 0 heterocycles. The molecule has 0 radical (unpaired) electrons. The van der Waals surface area contributed by atoms with Gasteiger partial charge in [0.2, 0.25) is 5.91 Å². The summed E-state index contributed by atoms with van der Waals surface area (Å²) in [4.78, 5) is 12.1. The molecular weight excluding hydrogens is 338 g/mol. The van der Waals surface area contributed by atoms with E-state index >= 15 is 0 Å². The Bertz CT molecular complexity index is 703. The highest BCUT2D eigenvalue weighted by Gasteiger charge is 2.08. The summed E-state index contributed by atoms with van der Waals surface area (Å²) in [6, 6.07) is 13.0. The van der Waals surface area contributed by atoms with Crippen LogP contribution in [0, 0.1) is 0 Å². The Morgan fingerprint density at radius 2 is 1.96 bits per heavy atom. The molecule has 25 heavy (non-hydrogen) atoms. The van der Waals surface area contributed by atoms with Gasteiger partial charge in [0.15, 0.2) is 11.5 Å². The zero-order valence-corrected chi connectivity index (χ0v) is 15.4. The SMILES string of the molecule is CCCCOc1ccc(CNC(=O)Cc2cccc(Cl)c2)cc1OC. The summed E-state index contributed by atoms with van der Waals surface area (Å²) in [5.41, 5.74) is 1.85. The summed E-state index contributed by atoms with van der Waals surface area (Å²) in [5.74, 6) is 1.35. The Morgan fingerprint density at radius 3 is 2.68 bits per heavy atom. The zero-order chi connectivity index (χ0) is 18.1. The molecule has 0 unspecified atom stereocenters. The number of benzene rings is 2. The van der Waals surface area contributed by atoms with Crippen molar-refractivity contribution in [2.45, 2.75) is 32.7 Å². The minimum absolute atomic E-state index is 0.0514. The van der Waals surface area contributed by atoms with Crippen molar-refractivity contribution in [3.8, 4) is 11.5 Å². The third kappa shape index (κ3) is 6.31. The Labute approximate surface area is 154 Å². The van der Waals surface area contributed by atoms with Crippen molar-refractivity contribution in [2.24, 2.45) is 0 Å². The lowest BCUT2D eigenvalue weighted by Gasteiger charge is -2.12. The van der Waals surface area contributed by atoms with Gasteiger partial charge in [-0.25, -0.2) is 0 Å². The van der Waals surface area contributed by atoms with Crippen LogP contribution < -0.4 is 14.8 Å². The Kier molecular flexibility index (Phi) is 7.61. The number of carbonyl (C=O) groups excluding carboxylic acids is 1. The predicted molar refractivity (Wildman–Crippen MR) is 100 cm³/mol. The first-order chi connectivity index (χ1) is 12.1. The number of unbranched alkanes of at least 4 members (excludes halogenated alkanes) is 1. The van der Waals surface area contributed by atoms with Crippen LogP contribution in [0.15, 0.2) is 42.5 Å². The molecule has 134 valence electrons. The highest BCUT2D eigenvalue weighted by molar-refractivity contribution is 6.30. The molecule has 2 aromatic rings. The van der Waals surface area contributed by atoms with E-state index in [0.717, 1.165) is 29.7 Å². The van der Waals surface area contributed by atoms with Crippen LogP contribution in [0.1, 0.15) is 30.9 Å². The van der Waals surface area contributed by atoms with E-state index in [1.165, 1.54) is 0 Å². The number of nitrogens with one attached hydrogen (secondary N) is 1. The van der Waals surface area contributed by atoms with Crippen LogP contribution >= 0.6 is 11.6 Å². The molecule has 0 bridgehead atoms. The monoisotopic (exact) mass is 361 g/mol. The number of methoxy groups -OCH3 is 1. The van der Waals surface area contributed by atoms with Gasteiger partial charge in [0.05, 0.1) is 20.1 Å². The molecule has 1 amide bonds. The van der Waals surface area contributed by atoms with Crippen molar-refractivity contribution in [3.05, 3.63) is 58.6 Å². The number of halogens is 1. The second-order valence-electron chi connectivity index (χ2n) is 5.77. The summed E-state index contributed by atoms with van der Waals surface area (Å²) in [6.07, 6.45) is 2.39. The number of carbonyl (C=O) groups is 1. The average molecular weight is 362 g/mol.